The maximum atomic E-state index is 13.3. The molecule has 1 aromatic rings. The third-order valence-corrected chi connectivity index (χ3v) is 7.98. The van der Waals surface area contributed by atoms with Gasteiger partial charge in [-0.05, 0) is 44.0 Å². The Labute approximate surface area is 191 Å². The van der Waals surface area contributed by atoms with Gasteiger partial charge < -0.3 is 20.9 Å². The van der Waals surface area contributed by atoms with Crippen molar-refractivity contribution in [1.82, 2.24) is 20.9 Å². The number of hydrogen-bond donors (Lipinski definition) is 3. The normalized spacial score (nSPS) is 29.3. The zero-order valence-electron chi connectivity index (χ0n) is 17.8. The van der Waals surface area contributed by atoms with E-state index in [2.05, 4.69) is 22.5 Å². The van der Waals surface area contributed by atoms with E-state index in [-0.39, 0.29) is 41.2 Å². The van der Waals surface area contributed by atoms with Crippen molar-refractivity contribution in [2.45, 2.75) is 36.7 Å². The molecular formula is C23H27N5O3S. The van der Waals surface area contributed by atoms with Gasteiger partial charge in [0.2, 0.25) is 5.91 Å². The molecule has 0 radical (unpaired) electrons. The van der Waals surface area contributed by atoms with Crippen LogP contribution in [-0.2, 0) is 9.59 Å². The number of amides is 4. The maximum Gasteiger partial charge on any atom is 0.326 e. The average molecular weight is 454 g/mol. The topological polar surface area (TPSA) is 93.8 Å². The molecule has 0 aromatic heterocycles. The van der Waals surface area contributed by atoms with Crippen LogP contribution >= 0.6 is 11.8 Å². The summed E-state index contributed by atoms with van der Waals surface area (Å²) in [6, 6.07) is 9.38. The Kier molecular flexibility index (Phi) is 5.69. The summed E-state index contributed by atoms with van der Waals surface area (Å²) in [5.41, 5.74) is 1.59. The fraction of sp³-hybridized carbons (Fsp3) is 0.435. The van der Waals surface area contributed by atoms with Crippen LogP contribution in [0, 0.1) is 5.92 Å². The molecule has 5 rings (SSSR count). The first-order valence-electron chi connectivity index (χ1n) is 11.1. The highest BCUT2D eigenvalue weighted by molar-refractivity contribution is 8.04. The van der Waals surface area contributed by atoms with Gasteiger partial charge in [0.1, 0.15) is 0 Å². The molecule has 3 fully saturated rings. The van der Waals surface area contributed by atoms with Gasteiger partial charge in [-0.2, -0.15) is 0 Å². The lowest BCUT2D eigenvalue weighted by Gasteiger charge is -2.45. The lowest BCUT2D eigenvalue weighted by Crippen LogP contribution is -2.62. The van der Waals surface area contributed by atoms with Crippen LogP contribution in [0.15, 0.2) is 53.6 Å². The number of rotatable bonds is 4. The number of piperidine rings is 2. The van der Waals surface area contributed by atoms with Crippen molar-refractivity contribution in [2.24, 2.45) is 5.92 Å². The largest absolute Gasteiger partial charge is 0.347 e. The maximum absolute atomic E-state index is 13.3. The number of para-hydroxylation sites is 1. The van der Waals surface area contributed by atoms with Gasteiger partial charge in [0.15, 0.2) is 0 Å². The molecule has 0 saturated carbocycles. The molecule has 0 bridgehead atoms. The molecule has 4 amide bonds. The van der Waals surface area contributed by atoms with Crippen molar-refractivity contribution < 1.29 is 14.4 Å². The predicted octanol–water partition coefficient (Wildman–Crippen LogP) is 1.77. The van der Waals surface area contributed by atoms with Crippen LogP contribution in [0.4, 0.5) is 10.5 Å². The van der Waals surface area contributed by atoms with Gasteiger partial charge in [0.05, 0.1) is 16.3 Å². The number of carbonyl (C=O) groups excluding carboxylic acids is 3. The summed E-state index contributed by atoms with van der Waals surface area (Å²) in [6.45, 7) is 5.51. The molecule has 4 heterocycles. The molecule has 32 heavy (non-hydrogen) atoms. The fourth-order valence-electron chi connectivity index (χ4n) is 5.19. The second-order valence-corrected chi connectivity index (χ2v) is 9.71. The Bertz CT molecular complexity index is 981. The average Bonchev–Trinajstić information content (AvgIpc) is 3.19. The summed E-state index contributed by atoms with van der Waals surface area (Å²) in [5.74, 6) is -0.260. The van der Waals surface area contributed by atoms with E-state index in [1.54, 1.807) is 4.90 Å². The monoisotopic (exact) mass is 453 g/mol. The number of carbonyl (C=O) groups is 3. The third kappa shape index (κ3) is 3.69. The minimum atomic E-state index is -0.193. The quantitative estimate of drug-likeness (QED) is 0.605. The second kappa shape index (κ2) is 8.63. The number of nitrogens with one attached hydrogen (secondary N) is 3. The smallest absolute Gasteiger partial charge is 0.326 e. The van der Waals surface area contributed by atoms with E-state index in [0.717, 1.165) is 37.2 Å². The van der Waals surface area contributed by atoms with Crippen molar-refractivity contribution in [1.29, 1.82) is 0 Å². The Balaban J connectivity index is 1.37. The molecule has 3 N–H and O–H groups in total. The van der Waals surface area contributed by atoms with Crippen LogP contribution < -0.4 is 20.9 Å². The number of urea groups is 1. The highest BCUT2D eigenvalue weighted by atomic mass is 32.2. The van der Waals surface area contributed by atoms with E-state index < -0.39 is 0 Å². The van der Waals surface area contributed by atoms with E-state index >= 15 is 0 Å². The molecule has 0 spiro atoms. The number of likely N-dealkylation sites (tertiary alicyclic amines) is 1. The Morgan fingerprint density at radius 1 is 1.22 bits per heavy atom. The first-order chi connectivity index (χ1) is 15.6. The van der Waals surface area contributed by atoms with E-state index in [1.165, 1.54) is 17.8 Å². The highest BCUT2D eigenvalue weighted by Crippen LogP contribution is 2.47. The van der Waals surface area contributed by atoms with Gasteiger partial charge >= 0.3 is 6.03 Å². The predicted molar refractivity (Wildman–Crippen MR) is 124 cm³/mol. The summed E-state index contributed by atoms with van der Waals surface area (Å²) in [7, 11) is 0. The number of hydrogen-bond acceptors (Lipinski definition) is 5. The van der Waals surface area contributed by atoms with E-state index in [1.807, 2.05) is 35.2 Å². The molecule has 3 saturated heterocycles. The zero-order chi connectivity index (χ0) is 22.2. The van der Waals surface area contributed by atoms with E-state index in [9.17, 15) is 14.4 Å². The molecule has 1 aromatic carbocycles. The number of benzene rings is 1. The number of anilines is 1. The molecule has 8 nitrogen and oxygen atoms in total. The minimum Gasteiger partial charge on any atom is -0.347 e. The number of thioether (sulfide) groups is 1. The molecule has 0 aliphatic carbocycles. The lowest BCUT2D eigenvalue weighted by atomic mass is 9.86. The molecule has 3 unspecified atom stereocenters. The zero-order valence-corrected chi connectivity index (χ0v) is 18.6. The standard InChI is InChI=1S/C23H27N5O3S/c1-2-17(29)27-12-6-7-14(13-27)25-21(30)20-19-18-16(10-11-24-22(18)32-20)28(23(31)26-19)15-8-4-3-5-9-15/h2-5,8-9,14,16,18,22,24H,1,6-7,10-13H2,(H,25,30)(H,26,31)/t14-,16?,18?,22?/m1/s1. The van der Waals surface area contributed by atoms with E-state index in [0.29, 0.717) is 18.0 Å². The second-order valence-electron chi connectivity index (χ2n) is 8.55. The van der Waals surface area contributed by atoms with Gasteiger partial charge in [-0.1, -0.05) is 36.5 Å². The lowest BCUT2D eigenvalue weighted by molar-refractivity contribution is -0.128. The number of nitrogens with zero attached hydrogens (tertiary/aromatic N) is 2. The molecule has 4 aliphatic rings. The third-order valence-electron chi connectivity index (χ3n) is 6.62. The van der Waals surface area contributed by atoms with Crippen molar-refractivity contribution >= 4 is 35.3 Å². The Hall–Kier alpha value is -2.78. The van der Waals surface area contributed by atoms with Crippen LogP contribution in [0.25, 0.3) is 0 Å². The molecule has 4 atom stereocenters. The van der Waals surface area contributed by atoms with Crippen LogP contribution in [0.2, 0.25) is 0 Å². The van der Waals surface area contributed by atoms with Crippen molar-refractivity contribution in [3.63, 3.8) is 0 Å². The van der Waals surface area contributed by atoms with Crippen LogP contribution in [-0.4, -0.2) is 59.8 Å². The van der Waals surface area contributed by atoms with Gasteiger partial charge in [0, 0.05) is 36.4 Å². The minimum absolute atomic E-state index is 0.000542. The summed E-state index contributed by atoms with van der Waals surface area (Å²) in [6.07, 6.45) is 3.79. The molecule has 4 aliphatic heterocycles. The van der Waals surface area contributed by atoms with Gasteiger partial charge in [-0.15, -0.1) is 0 Å². The van der Waals surface area contributed by atoms with Crippen LogP contribution in [0.1, 0.15) is 19.3 Å². The summed E-state index contributed by atoms with van der Waals surface area (Å²) < 4.78 is 0. The van der Waals surface area contributed by atoms with Crippen molar-refractivity contribution in [3.05, 3.63) is 53.6 Å². The molecule has 168 valence electrons. The first kappa shape index (κ1) is 21.1. The highest BCUT2D eigenvalue weighted by Gasteiger charge is 2.51. The van der Waals surface area contributed by atoms with Crippen molar-refractivity contribution in [2.75, 3.05) is 24.5 Å². The van der Waals surface area contributed by atoms with Crippen LogP contribution in [0.5, 0.6) is 0 Å². The van der Waals surface area contributed by atoms with E-state index in [4.69, 9.17) is 0 Å². The first-order valence-corrected chi connectivity index (χ1v) is 12.0. The van der Waals surface area contributed by atoms with Crippen molar-refractivity contribution in [3.8, 4) is 0 Å². The summed E-state index contributed by atoms with van der Waals surface area (Å²) >= 11 is 1.50. The van der Waals surface area contributed by atoms with Crippen LogP contribution in [0.3, 0.4) is 0 Å². The SMILES string of the molecule is C=CC(=O)N1CCC[C@@H](NC(=O)C2=C3NC(=O)N(c4ccccc4)C4CCNC(S2)C34)C1. The Morgan fingerprint density at radius 3 is 2.81 bits per heavy atom. The fourth-order valence-corrected chi connectivity index (χ4v) is 6.59. The summed E-state index contributed by atoms with van der Waals surface area (Å²) in [4.78, 5) is 42.5. The van der Waals surface area contributed by atoms with Gasteiger partial charge in [-0.25, -0.2) is 4.79 Å². The van der Waals surface area contributed by atoms with Gasteiger partial charge in [-0.3, -0.25) is 14.5 Å². The summed E-state index contributed by atoms with van der Waals surface area (Å²) in [5, 5.41) is 9.69. The molecular weight excluding hydrogens is 426 g/mol. The molecule has 9 heteroatoms. The van der Waals surface area contributed by atoms with Gasteiger partial charge in [0.25, 0.3) is 5.91 Å². The Morgan fingerprint density at radius 2 is 2.03 bits per heavy atom.